The second kappa shape index (κ2) is 4.64. The number of nitrogens with zero attached hydrogens (tertiary/aromatic N) is 2. The van der Waals surface area contributed by atoms with Crippen LogP contribution in [0.4, 0.5) is 0 Å². The van der Waals surface area contributed by atoms with Crippen LogP contribution < -0.4 is 0 Å². The summed E-state index contributed by atoms with van der Waals surface area (Å²) in [7, 11) is 0. The van der Waals surface area contributed by atoms with Gasteiger partial charge in [0.2, 0.25) is 0 Å². The number of nitrogens with one attached hydrogen (secondary N) is 1. The summed E-state index contributed by atoms with van der Waals surface area (Å²) in [5.41, 5.74) is 1.14. The first-order valence-electron chi connectivity index (χ1n) is 4.48. The minimum atomic E-state index is 0.330. The number of hydrogen-bond donors (Lipinski definition) is 1. The zero-order valence-corrected chi connectivity index (χ0v) is 9.39. The lowest BCUT2D eigenvalue weighted by Crippen LogP contribution is -1.90. The standard InChI is InChI=1S/C10H9Cl2N3/c11-6-10-13-9(14-15-10)5-7-1-3-8(12)4-2-7/h1-4H,5-6H2,(H,13,14,15). The molecule has 78 valence electrons. The van der Waals surface area contributed by atoms with Crippen LogP contribution >= 0.6 is 23.2 Å². The number of aromatic amines is 1. The molecule has 0 aliphatic carbocycles. The summed E-state index contributed by atoms with van der Waals surface area (Å²) in [5.74, 6) is 1.77. The van der Waals surface area contributed by atoms with E-state index in [1.807, 2.05) is 24.3 Å². The summed E-state index contributed by atoms with van der Waals surface area (Å²) in [6.45, 7) is 0. The zero-order valence-electron chi connectivity index (χ0n) is 7.87. The summed E-state index contributed by atoms with van der Waals surface area (Å²) in [6.07, 6.45) is 0.709. The van der Waals surface area contributed by atoms with Crippen LogP contribution in [0.5, 0.6) is 0 Å². The van der Waals surface area contributed by atoms with Gasteiger partial charge in [0.05, 0.1) is 5.88 Å². The summed E-state index contributed by atoms with van der Waals surface area (Å²) in [4.78, 5) is 4.21. The highest BCUT2D eigenvalue weighted by Gasteiger charge is 2.02. The Balaban J connectivity index is 2.11. The maximum Gasteiger partial charge on any atom is 0.165 e. The van der Waals surface area contributed by atoms with Crippen LogP contribution in [0.3, 0.4) is 0 Å². The second-order valence-corrected chi connectivity index (χ2v) is 3.84. The molecule has 5 heteroatoms. The second-order valence-electron chi connectivity index (χ2n) is 3.14. The smallest absolute Gasteiger partial charge is 0.165 e. The van der Waals surface area contributed by atoms with E-state index in [0.717, 1.165) is 16.4 Å². The van der Waals surface area contributed by atoms with Gasteiger partial charge in [0.15, 0.2) is 5.82 Å². The fraction of sp³-hybridized carbons (Fsp3) is 0.200. The van der Waals surface area contributed by atoms with Gasteiger partial charge >= 0.3 is 0 Å². The Bertz CT molecular complexity index is 436. The zero-order chi connectivity index (χ0) is 10.7. The molecule has 0 aliphatic rings. The predicted molar refractivity (Wildman–Crippen MR) is 60.2 cm³/mol. The molecule has 0 amide bonds. The lowest BCUT2D eigenvalue weighted by Gasteiger charge is -1.97. The highest BCUT2D eigenvalue weighted by Crippen LogP contribution is 2.11. The van der Waals surface area contributed by atoms with Crippen LogP contribution in [-0.4, -0.2) is 15.2 Å². The van der Waals surface area contributed by atoms with Crippen molar-refractivity contribution in [2.24, 2.45) is 0 Å². The van der Waals surface area contributed by atoms with E-state index >= 15 is 0 Å². The highest BCUT2D eigenvalue weighted by atomic mass is 35.5. The number of alkyl halides is 1. The Morgan fingerprint density at radius 2 is 1.93 bits per heavy atom. The van der Waals surface area contributed by atoms with Crippen LogP contribution in [0, 0.1) is 0 Å². The molecule has 0 aliphatic heterocycles. The van der Waals surface area contributed by atoms with Crippen molar-refractivity contribution in [2.75, 3.05) is 0 Å². The van der Waals surface area contributed by atoms with Gasteiger partial charge < -0.3 is 0 Å². The molecule has 0 unspecified atom stereocenters. The first-order chi connectivity index (χ1) is 7.28. The number of aromatic nitrogens is 3. The molecule has 1 aromatic heterocycles. The van der Waals surface area contributed by atoms with E-state index in [2.05, 4.69) is 15.2 Å². The number of benzene rings is 1. The van der Waals surface area contributed by atoms with E-state index in [1.165, 1.54) is 0 Å². The van der Waals surface area contributed by atoms with E-state index in [0.29, 0.717) is 18.1 Å². The van der Waals surface area contributed by atoms with Crippen molar-refractivity contribution in [1.82, 2.24) is 15.2 Å². The molecule has 3 nitrogen and oxygen atoms in total. The number of halogens is 2. The van der Waals surface area contributed by atoms with Crippen LogP contribution in [0.15, 0.2) is 24.3 Å². The van der Waals surface area contributed by atoms with Gasteiger partial charge in [-0.3, -0.25) is 5.10 Å². The minimum absolute atomic E-state index is 0.330. The van der Waals surface area contributed by atoms with Crippen molar-refractivity contribution < 1.29 is 0 Å². The minimum Gasteiger partial charge on any atom is -0.263 e. The predicted octanol–water partition coefficient (Wildman–Crippen LogP) is 2.79. The lowest BCUT2D eigenvalue weighted by atomic mass is 10.1. The number of H-pyrrole nitrogens is 1. The first kappa shape index (κ1) is 10.5. The molecule has 2 rings (SSSR count). The van der Waals surface area contributed by atoms with Gasteiger partial charge in [0, 0.05) is 11.4 Å². The molecule has 0 radical (unpaired) electrons. The Hall–Kier alpha value is -1.06. The summed E-state index contributed by atoms with van der Waals surface area (Å²) in [6, 6.07) is 7.64. The van der Waals surface area contributed by atoms with Gasteiger partial charge in [-0.25, -0.2) is 4.98 Å². The molecule has 2 aromatic rings. The monoisotopic (exact) mass is 241 g/mol. The number of rotatable bonds is 3. The highest BCUT2D eigenvalue weighted by molar-refractivity contribution is 6.30. The van der Waals surface area contributed by atoms with Crippen molar-refractivity contribution in [1.29, 1.82) is 0 Å². The molecule has 0 bridgehead atoms. The third-order valence-electron chi connectivity index (χ3n) is 1.98. The Morgan fingerprint density at radius 3 is 2.53 bits per heavy atom. The van der Waals surface area contributed by atoms with E-state index in [4.69, 9.17) is 23.2 Å². The van der Waals surface area contributed by atoms with Crippen molar-refractivity contribution >= 4 is 23.2 Å². The summed E-state index contributed by atoms with van der Waals surface area (Å²) < 4.78 is 0. The van der Waals surface area contributed by atoms with Gasteiger partial charge in [-0.1, -0.05) is 23.7 Å². The summed E-state index contributed by atoms with van der Waals surface area (Å²) in [5, 5.41) is 7.53. The Morgan fingerprint density at radius 1 is 1.20 bits per heavy atom. The van der Waals surface area contributed by atoms with Gasteiger partial charge in [0.25, 0.3) is 0 Å². The van der Waals surface area contributed by atoms with E-state index in [-0.39, 0.29) is 0 Å². The SMILES string of the molecule is ClCc1n[nH]c(Cc2ccc(Cl)cc2)n1. The molecule has 0 spiro atoms. The normalized spacial score (nSPS) is 10.5. The molecule has 0 saturated carbocycles. The van der Waals surface area contributed by atoms with Crippen LogP contribution in [-0.2, 0) is 12.3 Å². The first-order valence-corrected chi connectivity index (χ1v) is 5.40. The molecular weight excluding hydrogens is 233 g/mol. The Labute approximate surface area is 97.4 Å². The van der Waals surface area contributed by atoms with Gasteiger partial charge in [-0.15, -0.1) is 11.6 Å². The quantitative estimate of drug-likeness (QED) is 0.841. The third kappa shape index (κ3) is 2.70. The maximum atomic E-state index is 5.79. The Kier molecular flexibility index (Phi) is 3.23. The van der Waals surface area contributed by atoms with E-state index in [1.54, 1.807) is 0 Å². The number of hydrogen-bond acceptors (Lipinski definition) is 2. The molecular formula is C10H9Cl2N3. The average molecular weight is 242 g/mol. The molecule has 0 atom stereocenters. The molecule has 0 fully saturated rings. The topological polar surface area (TPSA) is 41.6 Å². The molecule has 1 heterocycles. The molecule has 0 saturated heterocycles. The van der Waals surface area contributed by atoms with Crippen LogP contribution in [0.25, 0.3) is 0 Å². The fourth-order valence-electron chi connectivity index (χ4n) is 1.27. The van der Waals surface area contributed by atoms with Crippen molar-refractivity contribution in [3.8, 4) is 0 Å². The van der Waals surface area contributed by atoms with Gasteiger partial charge in [0.1, 0.15) is 5.82 Å². The molecule has 1 aromatic carbocycles. The van der Waals surface area contributed by atoms with Crippen molar-refractivity contribution in [3.63, 3.8) is 0 Å². The van der Waals surface area contributed by atoms with Crippen LogP contribution in [0.2, 0.25) is 5.02 Å². The fourth-order valence-corrected chi connectivity index (χ4v) is 1.51. The van der Waals surface area contributed by atoms with Gasteiger partial charge in [-0.2, -0.15) is 5.10 Å². The van der Waals surface area contributed by atoms with E-state index in [9.17, 15) is 0 Å². The average Bonchev–Trinajstić information content (AvgIpc) is 2.69. The van der Waals surface area contributed by atoms with Crippen molar-refractivity contribution in [2.45, 2.75) is 12.3 Å². The molecule has 15 heavy (non-hydrogen) atoms. The van der Waals surface area contributed by atoms with E-state index < -0.39 is 0 Å². The third-order valence-corrected chi connectivity index (χ3v) is 2.47. The summed E-state index contributed by atoms with van der Waals surface area (Å²) >= 11 is 11.4. The maximum absolute atomic E-state index is 5.79. The van der Waals surface area contributed by atoms with Crippen molar-refractivity contribution in [3.05, 3.63) is 46.5 Å². The molecule has 1 N–H and O–H groups in total. The lowest BCUT2D eigenvalue weighted by molar-refractivity contribution is 0.968. The van der Waals surface area contributed by atoms with Crippen LogP contribution in [0.1, 0.15) is 17.2 Å². The largest absolute Gasteiger partial charge is 0.263 e. The van der Waals surface area contributed by atoms with Gasteiger partial charge in [-0.05, 0) is 17.7 Å².